The summed E-state index contributed by atoms with van der Waals surface area (Å²) in [4.78, 5) is 10.3. The number of ether oxygens (including phenoxy) is 1. The maximum Gasteiger partial charge on any atom is 0.272 e. The number of aryl methyl sites for hydroxylation is 1. The molecule has 0 aliphatic heterocycles. The van der Waals surface area contributed by atoms with E-state index in [1.807, 2.05) is 30.3 Å². The summed E-state index contributed by atoms with van der Waals surface area (Å²) in [6, 6.07) is 13.8. The molecule has 21 heavy (non-hydrogen) atoms. The number of hydrogen-bond donors (Lipinski definition) is 1. The Morgan fingerprint density at radius 2 is 1.90 bits per heavy atom. The second kappa shape index (κ2) is 5.93. The number of nitro benzene ring substituents is 1. The van der Waals surface area contributed by atoms with Crippen molar-refractivity contribution in [3.8, 4) is 5.75 Å². The average Bonchev–Trinajstić information content (AvgIpc) is 2.46. The van der Waals surface area contributed by atoms with Crippen molar-refractivity contribution >= 4 is 5.69 Å². The molecule has 5 heteroatoms. The van der Waals surface area contributed by atoms with Gasteiger partial charge in [0.05, 0.1) is 4.92 Å². The molecule has 2 aromatic carbocycles. The van der Waals surface area contributed by atoms with Crippen molar-refractivity contribution in [1.82, 2.24) is 0 Å². The fourth-order valence-electron chi connectivity index (χ4n) is 2.03. The van der Waals surface area contributed by atoms with Crippen LogP contribution in [0.25, 0.3) is 0 Å². The molecule has 0 saturated heterocycles. The zero-order chi connectivity index (χ0) is 15.5. The Bertz CT molecular complexity index is 638. The molecule has 110 valence electrons. The lowest BCUT2D eigenvalue weighted by Crippen LogP contribution is -2.29. The van der Waals surface area contributed by atoms with Gasteiger partial charge in [-0.05, 0) is 31.5 Å². The molecule has 0 saturated carbocycles. The fourth-order valence-corrected chi connectivity index (χ4v) is 2.03. The molecule has 0 radical (unpaired) electrons. The van der Waals surface area contributed by atoms with Crippen molar-refractivity contribution in [2.75, 3.05) is 6.61 Å². The lowest BCUT2D eigenvalue weighted by Gasteiger charge is -2.24. The van der Waals surface area contributed by atoms with E-state index in [9.17, 15) is 15.2 Å². The van der Waals surface area contributed by atoms with Gasteiger partial charge in [-0.25, -0.2) is 0 Å². The van der Waals surface area contributed by atoms with E-state index in [0.29, 0.717) is 11.3 Å². The van der Waals surface area contributed by atoms with Crippen LogP contribution in [0.3, 0.4) is 0 Å². The second-order valence-corrected chi connectivity index (χ2v) is 5.13. The molecule has 1 N–H and O–H groups in total. The summed E-state index contributed by atoms with van der Waals surface area (Å²) in [7, 11) is 0. The third-order valence-electron chi connectivity index (χ3n) is 3.28. The van der Waals surface area contributed by atoms with E-state index in [4.69, 9.17) is 4.74 Å². The van der Waals surface area contributed by atoms with Gasteiger partial charge in [-0.2, -0.15) is 0 Å². The van der Waals surface area contributed by atoms with Gasteiger partial charge in [-0.1, -0.05) is 30.3 Å². The molecule has 1 unspecified atom stereocenters. The van der Waals surface area contributed by atoms with Crippen molar-refractivity contribution in [3.05, 3.63) is 69.8 Å². The van der Waals surface area contributed by atoms with Gasteiger partial charge < -0.3 is 9.84 Å². The molecule has 0 aliphatic rings. The molecular weight excluding hydrogens is 270 g/mol. The summed E-state index contributed by atoms with van der Waals surface area (Å²) in [6.45, 7) is 3.38. The van der Waals surface area contributed by atoms with Crippen LogP contribution in [0.4, 0.5) is 5.69 Å². The largest absolute Gasteiger partial charge is 0.490 e. The standard InChI is InChI=1S/C16H17NO4/c1-12-10-14(8-9-15(12)17(19)20)21-11-16(2,18)13-6-4-3-5-7-13/h3-10,18H,11H2,1-2H3. The van der Waals surface area contributed by atoms with Gasteiger partial charge in [0.15, 0.2) is 0 Å². The molecule has 0 fully saturated rings. The van der Waals surface area contributed by atoms with Crippen LogP contribution < -0.4 is 4.74 Å². The van der Waals surface area contributed by atoms with Gasteiger partial charge in [0.2, 0.25) is 0 Å². The Hall–Kier alpha value is -2.40. The maximum atomic E-state index is 10.8. The predicted molar refractivity (Wildman–Crippen MR) is 79.3 cm³/mol. The minimum absolute atomic E-state index is 0.0529. The minimum atomic E-state index is -1.13. The molecule has 2 rings (SSSR count). The normalized spacial score (nSPS) is 13.5. The van der Waals surface area contributed by atoms with E-state index in [0.717, 1.165) is 5.56 Å². The molecule has 0 aliphatic carbocycles. The molecular formula is C16H17NO4. The molecule has 1 atom stereocenters. The first-order chi connectivity index (χ1) is 9.90. The van der Waals surface area contributed by atoms with Crippen LogP contribution in [-0.4, -0.2) is 16.6 Å². The monoisotopic (exact) mass is 287 g/mol. The summed E-state index contributed by atoms with van der Waals surface area (Å²) in [6.07, 6.45) is 0. The van der Waals surface area contributed by atoms with Gasteiger partial charge >= 0.3 is 0 Å². The number of nitrogens with zero attached hydrogens (tertiary/aromatic N) is 1. The van der Waals surface area contributed by atoms with Crippen molar-refractivity contribution in [1.29, 1.82) is 0 Å². The van der Waals surface area contributed by atoms with E-state index < -0.39 is 10.5 Å². The zero-order valence-electron chi connectivity index (χ0n) is 11.9. The first-order valence-corrected chi connectivity index (χ1v) is 6.56. The van der Waals surface area contributed by atoms with Gasteiger partial charge in [0.25, 0.3) is 5.69 Å². The van der Waals surface area contributed by atoms with Crippen LogP contribution in [0.2, 0.25) is 0 Å². The highest BCUT2D eigenvalue weighted by Gasteiger charge is 2.24. The highest BCUT2D eigenvalue weighted by molar-refractivity contribution is 5.44. The third-order valence-corrected chi connectivity index (χ3v) is 3.28. The molecule has 0 amide bonds. The Morgan fingerprint density at radius 3 is 2.48 bits per heavy atom. The van der Waals surface area contributed by atoms with E-state index in [2.05, 4.69) is 0 Å². The summed E-state index contributed by atoms with van der Waals surface area (Å²) in [5.74, 6) is 0.495. The van der Waals surface area contributed by atoms with Gasteiger partial charge in [0.1, 0.15) is 18.0 Å². The number of nitro groups is 1. The average molecular weight is 287 g/mol. The van der Waals surface area contributed by atoms with E-state index >= 15 is 0 Å². The predicted octanol–water partition coefficient (Wildman–Crippen LogP) is 3.19. The van der Waals surface area contributed by atoms with Crippen LogP contribution >= 0.6 is 0 Å². The number of hydrogen-bond acceptors (Lipinski definition) is 4. The van der Waals surface area contributed by atoms with Crippen molar-refractivity contribution in [2.24, 2.45) is 0 Å². The Morgan fingerprint density at radius 1 is 1.24 bits per heavy atom. The fraction of sp³-hybridized carbons (Fsp3) is 0.250. The van der Waals surface area contributed by atoms with E-state index in [1.54, 1.807) is 19.9 Å². The molecule has 0 bridgehead atoms. The maximum absolute atomic E-state index is 10.8. The molecule has 2 aromatic rings. The van der Waals surface area contributed by atoms with Crippen molar-refractivity contribution in [2.45, 2.75) is 19.4 Å². The summed E-state index contributed by atoms with van der Waals surface area (Å²) >= 11 is 0. The smallest absolute Gasteiger partial charge is 0.272 e. The first kappa shape index (κ1) is 15.0. The number of rotatable bonds is 5. The SMILES string of the molecule is Cc1cc(OCC(C)(O)c2ccccc2)ccc1[N+](=O)[O-]. The van der Waals surface area contributed by atoms with Crippen LogP contribution in [-0.2, 0) is 5.60 Å². The minimum Gasteiger partial charge on any atom is -0.490 e. The second-order valence-electron chi connectivity index (χ2n) is 5.13. The lowest BCUT2D eigenvalue weighted by atomic mass is 9.97. The number of aliphatic hydroxyl groups is 1. The Labute approximate surface area is 123 Å². The van der Waals surface area contributed by atoms with E-state index in [1.165, 1.54) is 12.1 Å². The Balaban J connectivity index is 2.09. The Kier molecular flexibility index (Phi) is 4.23. The third kappa shape index (κ3) is 3.58. The summed E-state index contributed by atoms with van der Waals surface area (Å²) in [5.41, 5.74) is 0.203. The summed E-state index contributed by atoms with van der Waals surface area (Å²) < 4.78 is 5.57. The molecule has 5 nitrogen and oxygen atoms in total. The first-order valence-electron chi connectivity index (χ1n) is 6.56. The van der Waals surface area contributed by atoms with Crippen LogP contribution in [0.1, 0.15) is 18.1 Å². The highest BCUT2D eigenvalue weighted by Crippen LogP contribution is 2.26. The highest BCUT2D eigenvalue weighted by atomic mass is 16.6. The summed E-state index contributed by atoms with van der Waals surface area (Å²) in [5, 5.41) is 21.2. The number of benzene rings is 2. The molecule has 0 heterocycles. The molecule has 0 spiro atoms. The molecule has 0 aromatic heterocycles. The van der Waals surface area contributed by atoms with Crippen LogP contribution in [0, 0.1) is 17.0 Å². The zero-order valence-corrected chi connectivity index (χ0v) is 11.9. The lowest BCUT2D eigenvalue weighted by molar-refractivity contribution is -0.385. The quantitative estimate of drug-likeness (QED) is 0.677. The van der Waals surface area contributed by atoms with Crippen LogP contribution in [0.5, 0.6) is 5.75 Å². The van der Waals surface area contributed by atoms with Crippen molar-refractivity contribution in [3.63, 3.8) is 0 Å². The van der Waals surface area contributed by atoms with Gasteiger partial charge in [-0.15, -0.1) is 0 Å². The topological polar surface area (TPSA) is 72.6 Å². The van der Waals surface area contributed by atoms with Crippen LogP contribution in [0.15, 0.2) is 48.5 Å². The van der Waals surface area contributed by atoms with Crippen molar-refractivity contribution < 1.29 is 14.8 Å². The van der Waals surface area contributed by atoms with Gasteiger partial charge in [0, 0.05) is 11.6 Å². The van der Waals surface area contributed by atoms with E-state index in [-0.39, 0.29) is 12.3 Å². The van der Waals surface area contributed by atoms with Gasteiger partial charge in [-0.3, -0.25) is 10.1 Å².